The van der Waals surface area contributed by atoms with Gasteiger partial charge < -0.3 is 18.9 Å². The third kappa shape index (κ3) is 3.70. The van der Waals surface area contributed by atoms with Crippen LogP contribution in [-0.2, 0) is 25.4 Å². The summed E-state index contributed by atoms with van der Waals surface area (Å²) in [7, 11) is 1.51. The summed E-state index contributed by atoms with van der Waals surface area (Å²) in [6.45, 7) is 3.83. The lowest BCUT2D eigenvalue weighted by Crippen LogP contribution is -2.36. The van der Waals surface area contributed by atoms with Crippen LogP contribution in [0.4, 0.5) is 4.79 Å². The molecule has 1 fully saturated rings. The minimum absolute atomic E-state index is 0.174. The largest absolute Gasteiger partial charge is 0.513 e. The Balaban J connectivity index is 2.22. The minimum Gasteiger partial charge on any atom is -0.496 e. The number of aryl methyl sites for hydroxylation is 1. The molecule has 1 aliphatic heterocycles. The van der Waals surface area contributed by atoms with Crippen molar-refractivity contribution in [1.29, 1.82) is 0 Å². The normalized spacial score (nSPS) is 18.2. The van der Waals surface area contributed by atoms with Crippen molar-refractivity contribution in [3.05, 3.63) is 34.0 Å². The SMILES string of the molecule is CCOC(=O)OC1=C(c2c(CC)cc(Cl)cc2OC)C(=O)OC12CCCCC2. The van der Waals surface area contributed by atoms with Crippen LogP contribution >= 0.6 is 11.6 Å². The summed E-state index contributed by atoms with van der Waals surface area (Å²) in [6.07, 6.45) is 3.80. The Morgan fingerprint density at radius 1 is 1.21 bits per heavy atom. The van der Waals surface area contributed by atoms with E-state index in [2.05, 4.69) is 0 Å². The van der Waals surface area contributed by atoms with Gasteiger partial charge in [-0.3, -0.25) is 0 Å². The first-order valence-electron chi connectivity index (χ1n) is 9.65. The van der Waals surface area contributed by atoms with Gasteiger partial charge in [0.25, 0.3) is 0 Å². The number of ether oxygens (including phenoxy) is 4. The summed E-state index contributed by atoms with van der Waals surface area (Å²) < 4.78 is 21.9. The van der Waals surface area contributed by atoms with E-state index in [0.717, 1.165) is 24.8 Å². The van der Waals surface area contributed by atoms with Crippen molar-refractivity contribution in [3.63, 3.8) is 0 Å². The van der Waals surface area contributed by atoms with Crippen molar-refractivity contribution in [1.82, 2.24) is 0 Å². The van der Waals surface area contributed by atoms with E-state index in [0.29, 0.717) is 35.6 Å². The van der Waals surface area contributed by atoms with Gasteiger partial charge in [-0.15, -0.1) is 0 Å². The van der Waals surface area contributed by atoms with Crippen LogP contribution in [-0.4, -0.2) is 31.4 Å². The molecule has 152 valence electrons. The maximum atomic E-state index is 13.0. The summed E-state index contributed by atoms with van der Waals surface area (Å²) in [6, 6.07) is 3.43. The van der Waals surface area contributed by atoms with Gasteiger partial charge in [0.2, 0.25) is 0 Å². The van der Waals surface area contributed by atoms with E-state index >= 15 is 0 Å². The Kier molecular flexibility index (Phi) is 6.18. The van der Waals surface area contributed by atoms with E-state index in [1.54, 1.807) is 19.1 Å². The van der Waals surface area contributed by atoms with Crippen LogP contribution in [0.1, 0.15) is 57.1 Å². The third-order valence-electron chi connectivity index (χ3n) is 5.24. The summed E-state index contributed by atoms with van der Waals surface area (Å²) >= 11 is 6.21. The molecule has 1 saturated carbocycles. The van der Waals surface area contributed by atoms with Crippen LogP contribution in [0.25, 0.3) is 5.57 Å². The summed E-state index contributed by atoms with van der Waals surface area (Å²) in [4.78, 5) is 25.2. The van der Waals surface area contributed by atoms with E-state index in [-0.39, 0.29) is 17.9 Å². The molecule has 1 aromatic carbocycles. The van der Waals surface area contributed by atoms with Gasteiger partial charge >= 0.3 is 12.1 Å². The molecular weight excluding hydrogens is 384 g/mol. The fourth-order valence-electron chi connectivity index (χ4n) is 4.00. The van der Waals surface area contributed by atoms with E-state index in [9.17, 15) is 9.59 Å². The predicted octanol–water partition coefficient (Wildman–Crippen LogP) is 5.05. The molecule has 1 heterocycles. The van der Waals surface area contributed by atoms with Crippen molar-refractivity contribution in [3.8, 4) is 5.75 Å². The van der Waals surface area contributed by atoms with Gasteiger partial charge in [0.1, 0.15) is 11.3 Å². The van der Waals surface area contributed by atoms with Crippen LogP contribution in [0.15, 0.2) is 17.9 Å². The van der Waals surface area contributed by atoms with E-state index in [1.165, 1.54) is 7.11 Å². The monoisotopic (exact) mass is 408 g/mol. The highest BCUT2D eigenvalue weighted by molar-refractivity contribution is 6.31. The highest BCUT2D eigenvalue weighted by Crippen LogP contribution is 2.49. The maximum absolute atomic E-state index is 13.0. The lowest BCUT2D eigenvalue weighted by atomic mass is 9.82. The van der Waals surface area contributed by atoms with Crippen LogP contribution in [0.5, 0.6) is 5.75 Å². The Morgan fingerprint density at radius 2 is 1.93 bits per heavy atom. The number of carbonyl (C=O) groups excluding carboxylic acids is 2. The van der Waals surface area contributed by atoms with Gasteiger partial charge in [-0.1, -0.05) is 24.9 Å². The molecular formula is C21H25ClO6. The van der Waals surface area contributed by atoms with Crippen molar-refractivity contribution in [2.75, 3.05) is 13.7 Å². The maximum Gasteiger partial charge on any atom is 0.513 e. The quantitative estimate of drug-likeness (QED) is 0.634. The zero-order valence-corrected chi connectivity index (χ0v) is 17.2. The molecule has 0 radical (unpaired) electrons. The molecule has 7 heteroatoms. The molecule has 0 amide bonds. The smallest absolute Gasteiger partial charge is 0.496 e. The van der Waals surface area contributed by atoms with Gasteiger partial charge in [-0.2, -0.15) is 0 Å². The lowest BCUT2D eigenvalue weighted by Gasteiger charge is -2.33. The number of benzene rings is 1. The van der Waals surface area contributed by atoms with Gasteiger partial charge in [0, 0.05) is 10.6 Å². The minimum atomic E-state index is -0.937. The molecule has 1 aliphatic carbocycles. The second kappa shape index (κ2) is 8.43. The molecule has 0 atom stereocenters. The van der Waals surface area contributed by atoms with Crippen molar-refractivity contribution in [2.24, 2.45) is 0 Å². The number of methoxy groups -OCH3 is 1. The molecule has 28 heavy (non-hydrogen) atoms. The van der Waals surface area contributed by atoms with E-state index in [1.807, 2.05) is 6.92 Å². The second-order valence-electron chi connectivity index (χ2n) is 6.93. The molecule has 0 unspecified atom stereocenters. The topological polar surface area (TPSA) is 71.1 Å². The van der Waals surface area contributed by atoms with Crippen LogP contribution in [0.3, 0.4) is 0 Å². The van der Waals surface area contributed by atoms with Crippen molar-refractivity contribution < 1.29 is 28.5 Å². The number of rotatable bonds is 5. The second-order valence-corrected chi connectivity index (χ2v) is 7.37. The molecule has 0 bridgehead atoms. The molecule has 6 nitrogen and oxygen atoms in total. The van der Waals surface area contributed by atoms with Gasteiger partial charge in [0.15, 0.2) is 11.4 Å². The highest BCUT2D eigenvalue weighted by atomic mass is 35.5. The number of hydrogen-bond acceptors (Lipinski definition) is 6. The summed E-state index contributed by atoms with van der Waals surface area (Å²) in [5.41, 5.74) is 0.656. The summed E-state index contributed by atoms with van der Waals surface area (Å²) in [5.74, 6) is 0.150. The first-order chi connectivity index (χ1) is 13.5. The number of esters is 1. The fourth-order valence-corrected chi connectivity index (χ4v) is 4.23. The lowest BCUT2D eigenvalue weighted by molar-refractivity contribution is -0.149. The number of hydrogen-bond donors (Lipinski definition) is 0. The standard InChI is InChI=1S/C21H25ClO6/c1-4-13-11-14(22)12-15(25-3)16(13)17-18(27-20(24)26-5-2)21(28-19(17)23)9-7-6-8-10-21/h11-12H,4-10H2,1-3H3. The highest BCUT2D eigenvalue weighted by Gasteiger charge is 2.52. The molecule has 1 spiro atoms. The number of halogens is 1. The predicted molar refractivity (Wildman–Crippen MR) is 104 cm³/mol. The zero-order valence-electron chi connectivity index (χ0n) is 16.4. The van der Waals surface area contributed by atoms with Crippen molar-refractivity contribution >= 4 is 29.3 Å². The Hall–Kier alpha value is -2.21. The zero-order chi connectivity index (χ0) is 20.3. The first-order valence-corrected chi connectivity index (χ1v) is 10.0. The molecule has 2 aliphatic rings. The van der Waals surface area contributed by atoms with E-state index < -0.39 is 17.7 Å². The Morgan fingerprint density at radius 3 is 2.54 bits per heavy atom. The van der Waals surface area contributed by atoms with Crippen LogP contribution in [0.2, 0.25) is 5.02 Å². The van der Waals surface area contributed by atoms with Crippen molar-refractivity contribution in [2.45, 2.75) is 58.0 Å². The molecule has 0 N–H and O–H groups in total. The average Bonchev–Trinajstić information content (AvgIpc) is 2.92. The third-order valence-corrected chi connectivity index (χ3v) is 5.46. The van der Waals surface area contributed by atoms with Gasteiger partial charge in [-0.05, 0) is 56.7 Å². The van der Waals surface area contributed by atoms with Crippen LogP contribution < -0.4 is 4.74 Å². The van der Waals surface area contributed by atoms with Gasteiger partial charge in [0.05, 0.1) is 13.7 Å². The molecule has 1 aromatic rings. The molecule has 3 rings (SSSR count). The first kappa shape index (κ1) is 20.5. The number of carbonyl (C=O) groups is 2. The average molecular weight is 409 g/mol. The fraction of sp³-hybridized carbons (Fsp3) is 0.524. The Labute approximate surface area is 169 Å². The van der Waals surface area contributed by atoms with E-state index in [4.69, 9.17) is 30.5 Å². The van der Waals surface area contributed by atoms with Gasteiger partial charge in [-0.25, -0.2) is 9.59 Å². The molecule has 0 saturated heterocycles. The van der Waals surface area contributed by atoms with Crippen LogP contribution in [0, 0.1) is 0 Å². The molecule has 0 aromatic heterocycles. The Bertz CT molecular complexity index is 782. The summed E-state index contributed by atoms with van der Waals surface area (Å²) in [5, 5.41) is 0.504.